The summed E-state index contributed by atoms with van der Waals surface area (Å²) in [5, 5.41) is 25.4. The summed E-state index contributed by atoms with van der Waals surface area (Å²) in [5.74, 6) is -0.0278. The minimum atomic E-state index is -0.385. The van der Waals surface area contributed by atoms with Crippen molar-refractivity contribution in [3.63, 3.8) is 0 Å². The Balaban J connectivity index is 1.91. The third-order valence-electron chi connectivity index (χ3n) is 2.91. The molecule has 0 fully saturated rings. The highest BCUT2D eigenvalue weighted by molar-refractivity contribution is 6.06. The number of carbonyl (C=O) groups excluding carboxylic acids is 1. The summed E-state index contributed by atoms with van der Waals surface area (Å²) in [5.41, 5.74) is 1.64. The maximum Gasteiger partial charge on any atom is 0.257 e. The SMILES string of the molecule is N#Cc1cc(-c2nn[nH]n2)ccc1C(=O)Nc1cccnc1. The summed E-state index contributed by atoms with van der Waals surface area (Å²) < 4.78 is 0. The van der Waals surface area contributed by atoms with Gasteiger partial charge in [0.25, 0.3) is 5.91 Å². The van der Waals surface area contributed by atoms with Gasteiger partial charge in [0.05, 0.1) is 29.1 Å². The number of aromatic amines is 1. The van der Waals surface area contributed by atoms with Crippen molar-refractivity contribution in [3.8, 4) is 17.5 Å². The first-order chi connectivity index (χ1) is 10.8. The molecule has 0 aliphatic rings. The highest BCUT2D eigenvalue weighted by atomic mass is 16.1. The zero-order chi connectivity index (χ0) is 15.4. The first-order valence-electron chi connectivity index (χ1n) is 6.27. The van der Waals surface area contributed by atoms with E-state index in [2.05, 4.69) is 30.9 Å². The fraction of sp³-hybridized carbons (Fsp3) is 0. The Morgan fingerprint density at radius 3 is 2.91 bits per heavy atom. The Hall–Kier alpha value is -3.60. The van der Waals surface area contributed by atoms with Gasteiger partial charge < -0.3 is 5.32 Å². The van der Waals surface area contributed by atoms with Gasteiger partial charge in [-0.1, -0.05) is 6.07 Å². The van der Waals surface area contributed by atoms with E-state index in [1.165, 1.54) is 6.20 Å². The zero-order valence-electron chi connectivity index (χ0n) is 11.2. The number of H-pyrrole nitrogens is 1. The fourth-order valence-electron chi connectivity index (χ4n) is 1.89. The molecule has 106 valence electrons. The van der Waals surface area contributed by atoms with Crippen LogP contribution in [0, 0.1) is 11.3 Å². The number of tetrazole rings is 1. The van der Waals surface area contributed by atoms with Crippen LogP contribution in [0.3, 0.4) is 0 Å². The first-order valence-corrected chi connectivity index (χ1v) is 6.27. The van der Waals surface area contributed by atoms with E-state index in [4.69, 9.17) is 0 Å². The number of aromatic nitrogens is 5. The van der Waals surface area contributed by atoms with Gasteiger partial charge in [-0.3, -0.25) is 9.78 Å². The van der Waals surface area contributed by atoms with Gasteiger partial charge in [0.15, 0.2) is 0 Å². The van der Waals surface area contributed by atoms with Crippen LogP contribution in [0.4, 0.5) is 5.69 Å². The quantitative estimate of drug-likeness (QED) is 0.752. The van der Waals surface area contributed by atoms with E-state index in [0.717, 1.165) is 0 Å². The van der Waals surface area contributed by atoms with Gasteiger partial charge in [0.2, 0.25) is 5.82 Å². The van der Waals surface area contributed by atoms with Gasteiger partial charge in [-0.25, -0.2) is 0 Å². The maximum absolute atomic E-state index is 12.3. The molecule has 2 N–H and O–H groups in total. The second-order valence-corrected chi connectivity index (χ2v) is 4.30. The summed E-state index contributed by atoms with van der Waals surface area (Å²) in [7, 11) is 0. The topological polar surface area (TPSA) is 120 Å². The van der Waals surface area contributed by atoms with Crippen molar-refractivity contribution < 1.29 is 4.79 Å². The van der Waals surface area contributed by atoms with E-state index >= 15 is 0 Å². The smallest absolute Gasteiger partial charge is 0.257 e. The molecule has 8 heteroatoms. The standard InChI is InChI=1S/C14H9N7O/c15-7-10-6-9(13-18-20-21-19-13)3-4-12(10)14(22)17-11-2-1-5-16-8-11/h1-6,8H,(H,17,22)(H,18,19,20,21). The molecule has 2 aromatic heterocycles. The van der Waals surface area contributed by atoms with Gasteiger partial charge in [-0.15, -0.1) is 10.2 Å². The van der Waals surface area contributed by atoms with Crippen molar-refractivity contribution in [2.24, 2.45) is 0 Å². The molecule has 0 bridgehead atoms. The monoisotopic (exact) mass is 291 g/mol. The lowest BCUT2D eigenvalue weighted by Crippen LogP contribution is -2.13. The maximum atomic E-state index is 12.3. The Bertz CT molecular complexity index is 837. The number of amides is 1. The lowest BCUT2D eigenvalue weighted by Gasteiger charge is -2.07. The van der Waals surface area contributed by atoms with Gasteiger partial charge in [0, 0.05) is 11.8 Å². The van der Waals surface area contributed by atoms with Gasteiger partial charge >= 0.3 is 0 Å². The number of rotatable bonds is 3. The predicted octanol–water partition coefficient (Wildman–Crippen LogP) is 1.39. The van der Waals surface area contributed by atoms with E-state index in [1.54, 1.807) is 36.5 Å². The van der Waals surface area contributed by atoms with Crippen LogP contribution in [0.1, 0.15) is 15.9 Å². The average molecular weight is 291 g/mol. The number of nitrogens with zero attached hydrogens (tertiary/aromatic N) is 5. The molecular weight excluding hydrogens is 282 g/mol. The van der Waals surface area contributed by atoms with Gasteiger partial charge in [0.1, 0.15) is 0 Å². The molecule has 8 nitrogen and oxygen atoms in total. The molecule has 0 aliphatic heterocycles. The second kappa shape index (κ2) is 5.80. The van der Waals surface area contributed by atoms with Crippen LogP contribution in [0.15, 0.2) is 42.7 Å². The lowest BCUT2D eigenvalue weighted by atomic mass is 10.0. The Morgan fingerprint density at radius 1 is 1.32 bits per heavy atom. The van der Waals surface area contributed by atoms with Crippen LogP contribution in [-0.2, 0) is 0 Å². The van der Waals surface area contributed by atoms with Crippen LogP contribution >= 0.6 is 0 Å². The minimum absolute atomic E-state index is 0.226. The van der Waals surface area contributed by atoms with Crippen molar-refractivity contribution in [1.29, 1.82) is 5.26 Å². The summed E-state index contributed by atoms with van der Waals surface area (Å²) in [6.45, 7) is 0. The fourth-order valence-corrected chi connectivity index (χ4v) is 1.89. The summed E-state index contributed by atoms with van der Waals surface area (Å²) in [4.78, 5) is 16.2. The summed E-state index contributed by atoms with van der Waals surface area (Å²) >= 11 is 0. The van der Waals surface area contributed by atoms with Gasteiger partial charge in [-0.05, 0) is 29.5 Å². The molecule has 22 heavy (non-hydrogen) atoms. The van der Waals surface area contributed by atoms with E-state index < -0.39 is 0 Å². The highest BCUT2D eigenvalue weighted by Gasteiger charge is 2.14. The number of nitriles is 1. The minimum Gasteiger partial charge on any atom is -0.321 e. The van der Waals surface area contributed by atoms with Crippen LogP contribution in [-0.4, -0.2) is 31.5 Å². The molecule has 3 aromatic rings. The second-order valence-electron chi connectivity index (χ2n) is 4.30. The Kier molecular flexibility index (Phi) is 3.53. The van der Waals surface area contributed by atoms with Crippen molar-refractivity contribution in [2.75, 3.05) is 5.32 Å². The third kappa shape index (κ3) is 2.64. The molecule has 0 saturated heterocycles. The van der Waals surface area contributed by atoms with Crippen LogP contribution in [0.25, 0.3) is 11.4 Å². The highest BCUT2D eigenvalue weighted by Crippen LogP contribution is 2.19. The molecule has 3 rings (SSSR count). The Morgan fingerprint density at radius 2 is 2.23 bits per heavy atom. The zero-order valence-corrected chi connectivity index (χ0v) is 11.2. The molecule has 0 atom stereocenters. The molecule has 1 aromatic carbocycles. The third-order valence-corrected chi connectivity index (χ3v) is 2.91. The van der Waals surface area contributed by atoms with E-state index in [1.807, 2.05) is 6.07 Å². The normalized spacial score (nSPS) is 9.95. The molecular formula is C14H9N7O. The van der Waals surface area contributed by atoms with E-state index in [0.29, 0.717) is 17.1 Å². The van der Waals surface area contributed by atoms with Gasteiger partial charge in [-0.2, -0.15) is 10.5 Å². The Labute approximate surface area is 124 Å². The first kappa shape index (κ1) is 13.4. The average Bonchev–Trinajstić information content (AvgIpc) is 3.09. The van der Waals surface area contributed by atoms with Crippen molar-refractivity contribution in [3.05, 3.63) is 53.9 Å². The molecule has 0 radical (unpaired) electrons. The number of anilines is 1. The summed E-state index contributed by atoms with van der Waals surface area (Å²) in [6.07, 6.45) is 3.13. The van der Waals surface area contributed by atoms with Crippen LogP contribution in [0.2, 0.25) is 0 Å². The van der Waals surface area contributed by atoms with Crippen molar-refractivity contribution in [1.82, 2.24) is 25.6 Å². The number of benzene rings is 1. The molecule has 1 amide bonds. The van der Waals surface area contributed by atoms with Crippen molar-refractivity contribution in [2.45, 2.75) is 0 Å². The molecule has 0 saturated carbocycles. The molecule has 0 spiro atoms. The van der Waals surface area contributed by atoms with Crippen LogP contribution < -0.4 is 5.32 Å². The lowest BCUT2D eigenvalue weighted by molar-refractivity contribution is 0.102. The summed E-state index contributed by atoms with van der Waals surface area (Å²) in [6, 6.07) is 10.2. The van der Waals surface area contributed by atoms with E-state index in [9.17, 15) is 10.1 Å². The number of pyridine rings is 1. The number of nitrogens with one attached hydrogen (secondary N) is 2. The number of carbonyl (C=O) groups is 1. The number of hydrogen-bond acceptors (Lipinski definition) is 6. The van der Waals surface area contributed by atoms with Crippen molar-refractivity contribution >= 4 is 11.6 Å². The molecule has 2 heterocycles. The largest absolute Gasteiger partial charge is 0.321 e. The molecule has 0 aliphatic carbocycles. The van der Waals surface area contributed by atoms with Crippen LogP contribution in [0.5, 0.6) is 0 Å². The number of hydrogen-bond donors (Lipinski definition) is 2. The molecule has 0 unspecified atom stereocenters. The predicted molar refractivity (Wildman–Crippen MR) is 76.5 cm³/mol. The van der Waals surface area contributed by atoms with E-state index in [-0.39, 0.29) is 17.0 Å².